The number of benzene rings is 1. The number of carbonyl (C=O) groups excluding carboxylic acids is 1. The number of halogens is 1. The van der Waals surface area contributed by atoms with Crippen molar-refractivity contribution in [2.24, 2.45) is 0 Å². The second-order valence-corrected chi connectivity index (χ2v) is 5.64. The maximum absolute atomic E-state index is 13.7. The number of rotatable bonds is 4. The van der Waals surface area contributed by atoms with E-state index in [-0.39, 0.29) is 17.1 Å². The lowest BCUT2D eigenvalue weighted by atomic mass is 10.1. The lowest BCUT2D eigenvalue weighted by molar-refractivity contribution is 0.0400. The Hall–Kier alpha value is -2.45. The van der Waals surface area contributed by atoms with Gasteiger partial charge < -0.3 is 19.6 Å². The minimum absolute atomic E-state index is 0.155. The maximum atomic E-state index is 13.7. The Balaban J connectivity index is 1.71. The topological polar surface area (TPSA) is 98.8 Å². The van der Waals surface area contributed by atoms with E-state index in [0.29, 0.717) is 13.0 Å². The Bertz CT molecular complexity index is 721. The molecule has 2 amide bonds. The van der Waals surface area contributed by atoms with Crippen molar-refractivity contribution in [2.75, 3.05) is 18.5 Å². The molecule has 24 heavy (non-hydrogen) atoms. The highest BCUT2D eigenvalue weighted by molar-refractivity contribution is 5.89. The van der Waals surface area contributed by atoms with E-state index in [1.807, 2.05) is 0 Å². The van der Waals surface area contributed by atoms with Crippen LogP contribution in [0.1, 0.15) is 12.8 Å². The normalized spacial score (nSPS) is 18.6. The largest absolute Gasteiger partial charge is 0.394 e. The van der Waals surface area contributed by atoms with Gasteiger partial charge in [0.25, 0.3) is 0 Å². The van der Waals surface area contributed by atoms with Crippen molar-refractivity contribution in [3.8, 4) is 11.3 Å². The molecule has 8 heteroatoms. The van der Waals surface area contributed by atoms with Crippen molar-refractivity contribution in [1.82, 2.24) is 10.1 Å². The van der Waals surface area contributed by atoms with Gasteiger partial charge in [-0.25, -0.2) is 9.18 Å². The number of aliphatic hydroxyl groups is 2. The van der Waals surface area contributed by atoms with Crippen LogP contribution in [0.5, 0.6) is 0 Å². The third-order valence-corrected chi connectivity index (χ3v) is 4.08. The van der Waals surface area contributed by atoms with Gasteiger partial charge in [-0.1, -0.05) is 17.3 Å². The summed E-state index contributed by atoms with van der Waals surface area (Å²) in [6.07, 6.45) is 0.382. The van der Waals surface area contributed by atoms with Crippen molar-refractivity contribution in [1.29, 1.82) is 0 Å². The van der Waals surface area contributed by atoms with Crippen LogP contribution in [0.25, 0.3) is 11.3 Å². The van der Waals surface area contributed by atoms with E-state index in [1.165, 1.54) is 17.0 Å². The van der Waals surface area contributed by atoms with Gasteiger partial charge in [-0.05, 0) is 25.0 Å². The Kier molecular flexibility index (Phi) is 4.77. The zero-order valence-corrected chi connectivity index (χ0v) is 12.9. The fourth-order valence-electron chi connectivity index (χ4n) is 2.87. The quantitative estimate of drug-likeness (QED) is 0.792. The molecular weight excluding hydrogens is 317 g/mol. The second-order valence-electron chi connectivity index (χ2n) is 5.64. The van der Waals surface area contributed by atoms with Crippen LogP contribution in [0.2, 0.25) is 0 Å². The molecule has 2 atom stereocenters. The molecule has 0 spiro atoms. The van der Waals surface area contributed by atoms with Crippen molar-refractivity contribution in [3.05, 3.63) is 36.1 Å². The molecule has 7 nitrogen and oxygen atoms in total. The van der Waals surface area contributed by atoms with Crippen LogP contribution >= 0.6 is 0 Å². The van der Waals surface area contributed by atoms with Crippen molar-refractivity contribution in [3.63, 3.8) is 0 Å². The zero-order valence-electron chi connectivity index (χ0n) is 12.9. The summed E-state index contributed by atoms with van der Waals surface area (Å²) in [6.45, 7) is 0.0709. The third kappa shape index (κ3) is 3.24. The fourth-order valence-corrected chi connectivity index (χ4v) is 2.87. The number of hydrogen-bond acceptors (Lipinski definition) is 5. The van der Waals surface area contributed by atoms with Gasteiger partial charge >= 0.3 is 6.03 Å². The van der Waals surface area contributed by atoms with Crippen molar-refractivity contribution >= 4 is 11.8 Å². The van der Waals surface area contributed by atoms with Crippen LogP contribution in [0.3, 0.4) is 0 Å². The molecule has 1 aromatic carbocycles. The summed E-state index contributed by atoms with van der Waals surface area (Å²) < 4.78 is 18.8. The maximum Gasteiger partial charge on any atom is 0.323 e. The first-order valence-electron chi connectivity index (χ1n) is 7.68. The van der Waals surface area contributed by atoms with E-state index in [2.05, 4.69) is 10.5 Å². The minimum atomic E-state index is -0.982. The molecule has 1 fully saturated rings. The van der Waals surface area contributed by atoms with E-state index >= 15 is 0 Å². The molecule has 1 saturated heterocycles. The molecule has 1 aliphatic heterocycles. The summed E-state index contributed by atoms with van der Waals surface area (Å²) >= 11 is 0. The number of likely N-dealkylation sites (tertiary alicyclic amines) is 1. The van der Waals surface area contributed by atoms with E-state index in [1.54, 1.807) is 18.2 Å². The summed E-state index contributed by atoms with van der Waals surface area (Å²) in [4.78, 5) is 13.8. The standard InChI is InChI=1S/C16H18FN3O4/c17-11-5-2-1-4-10(11)14-8-15(19-24-14)18-16(23)20-7-3-6-12(20)13(22)9-21/h1-2,4-5,8,12-13,21-22H,3,6-7,9H2,(H,18,19,23). The second kappa shape index (κ2) is 6.98. The molecule has 0 radical (unpaired) electrons. The minimum Gasteiger partial charge on any atom is -0.394 e. The van der Waals surface area contributed by atoms with Crippen LogP contribution < -0.4 is 5.32 Å². The predicted molar refractivity (Wildman–Crippen MR) is 83.7 cm³/mol. The smallest absolute Gasteiger partial charge is 0.323 e. The molecule has 2 heterocycles. The lowest BCUT2D eigenvalue weighted by Crippen LogP contribution is -2.46. The monoisotopic (exact) mass is 335 g/mol. The molecule has 0 saturated carbocycles. The molecule has 128 valence electrons. The summed E-state index contributed by atoms with van der Waals surface area (Å²) in [5, 5.41) is 25.1. The Morgan fingerprint density at radius 3 is 3.04 bits per heavy atom. The van der Waals surface area contributed by atoms with E-state index < -0.39 is 30.6 Å². The Labute approximate surface area is 137 Å². The number of carbonyl (C=O) groups is 1. The summed E-state index contributed by atoms with van der Waals surface area (Å²) in [6, 6.07) is 6.65. The summed E-state index contributed by atoms with van der Waals surface area (Å²) in [5.41, 5.74) is 0.250. The number of nitrogens with zero attached hydrogens (tertiary/aromatic N) is 2. The lowest BCUT2D eigenvalue weighted by Gasteiger charge is -2.27. The van der Waals surface area contributed by atoms with E-state index in [9.17, 15) is 14.3 Å². The van der Waals surface area contributed by atoms with Crippen molar-refractivity contribution in [2.45, 2.75) is 25.0 Å². The van der Waals surface area contributed by atoms with Gasteiger partial charge in [-0.3, -0.25) is 5.32 Å². The van der Waals surface area contributed by atoms with Crippen LogP contribution in [0.15, 0.2) is 34.9 Å². The molecule has 1 aromatic heterocycles. The molecule has 3 N–H and O–H groups in total. The first-order valence-corrected chi connectivity index (χ1v) is 7.68. The van der Waals surface area contributed by atoms with Crippen LogP contribution in [0.4, 0.5) is 15.0 Å². The Morgan fingerprint density at radius 1 is 1.50 bits per heavy atom. The molecular formula is C16H18FN3O4. The number of aromatic nitrogens is 1. The van der Waals surface area contributed by atoms with Crippen LogP contribution in [-0.4, -0.2) is 51.6 Å². The zero-order chi connectivity index (χ0) is 17.1. The van der Waals surface area contributed by atoms with Gasteiger partial charge in [0.15, 0.2) is 11.6 Å². The number of aliphatic hydroxyl groups excluding tert-OH is 2. The molecule has 1 aliphatic rings. The average Bonchev–Trinajstić information content (AvgIpc) is 3.23. The number of urea groups is 1. The highest BCUT2D eigenvalue weighted by atomic mass is 19.1. The molecule has 2 unspecified atom stereocenters. The Morgan fingerprint density at radius 2 is 2.29 bits per heavy atom. The average molecular weight is 335 g/mol. The summed E-state index contributed by atoms with van der Waals surface area (Å²) in [5.74, 6) is -0.0867. The number of hydrogen-bond donors (Lipinski definition) is 3. The SMILES string of the molecule is O=C(Nc1cc(-c2ccccc2F)on1)N1CCCC1C(O)CO. The molecule has 3 rings (SSSR count). The van der Waals surface area contributed by atoms with Gasteiger partial charge in [0.2, 0.25) is 0 Å². The van der Waals surface area contributed by atoms with Gasteiger partial charge in [-0.15, -0.1) is 0 Å². The van der Waals surface area contributed by atoms with Gasteiger partial charge in [0, 0.05) is 12.6 Å². The van der Waals surface area contributed by atoms with E-state index in [0.717, 1.165) is 6.42 Å². The van der Waals surface area contributed by atoms with Gasteiger partial charge in [0.05, 0.1) is 24.3 Å². The highest BCUT2D eigenvalue weighted by Crippen LogP contribution is 2.26. The molecule has 0 bridgehead atoms. The first kappa shape index (κ1) is 16.4. The predicted octanol–water partition coefficient (Wildman–Crippen LogP) is 1.83. The summed E-state index contributed by atoms with van der Waals surface area (Å²) in [7, 11) is 0. The molecule has 2 aromatic rings. The van der Waals surface area contributed by atoms with E-state index in [4.69, 9.17) is 9.63 Å². The van der Waals surface area contributed by atoms with Crippen molar-refractivity contribution < 1.29 is 23.9 Å². The first-order chi connectivity index (χ1) is 11.6. The number of amides is 2. The van der Waals surface area contributed by atoms with Gasteiger partial charge in [0.1, 0.15) is 5.82 Å². The van der Waals surface area contributed by atoms with Gasteiger partial charge in [-0.2, -0.15) is 0 Å². The highest BCUT2D eigenvalue weighted by Gasteiger charge is 2.34. The number of nitrogens with one attached hydrogen (secondary N) is 1. The third-order valence-electron chi connectivity index (χ3n) is 4.08. The fraction of sp³-hybridized carbons (Fsp3) is 0.375. The van der Waals surface area contributed by atoms with Crippen LogP contribution in [-0.2, 0) is 0 Å². The van der Waals surface area contributed by atoms with Crippen LogP contribution in [0, 0.1) is 5.82 Å². The molecule has 0 aliphatic carbocycles. The number of anilines is 1.